The lowest BCUT2D eigenvalue weighted by Crippen LogP contribution is -2.62. The van der Waals surface area contributed by atoms with E-state index in [2.05, 4.69) is 15.0 Å². The molecule has 4 bridgehead atoms. The lowest BCUT2D eigenvalue weighted by atomic mass is 9.75. The Labute approximate surface area is 229 Å². The van der Waals surface area contributed by atoms with E-state index in [1.54, 1.807) is 0 Å². The van der Waals surface area contributed by atoms with Crippen molar-refractivity contribution in [3.63, 3.8) is 0 Å². The third-order valence-electron chi connectivity index (χ3n) is 9.54. The second-order valence-electron chi connectivity index (χ2n) is 12.0. The van der Waals surface area contributed by atoms with Gasteiger partial charge in [-0.2, -0.15) is 0 Å². The van der Waals surface area contributed by atoms with Crippen molar-refractivity contribution in [3.05, 3.63) is 40.3 Å². The van der Waals surface area contributed by atoms with Gasteiger partial charge in [-0.25, -0.2) is 4.98 Å². The van der Waals surface area contributed by atoms with Gasteiger partial charge in [-0.15, -0.1) is 0 Å². The van der Waals surface area contributed by atoms with Crippen LogP contribution < -0.4 is 5.56 Å². The van der Waals surface area contributed by atoms with Gasteiger partial charge in [-0.1, -0.05) is 43.0 Å². The summed E-state index contributed by atoms with van der Waals surface area (Å²) in [6.45, 7) is 1.41. The van der Waals surface area contributed by atoms with Crippen LogP contribution in [-0.2, 0) is 14.4 Å². The number of para-hydroxylation sites is 2. The Morgan fingerprint density at radius 3 is 2.36 bits per heavy atom. The summed E-state index contributed by atoms with van der Waals surface area (Å²) in [5, 5.41) is 13.3. The summed E-state index contributed by atoms with van der Waals surface area (Å²) in [5.74, 6) is 0.756. The van der Waals surface area contributed by atoms with Crippen molar-refractivity contribution in [2.75, 3.05) is 20.3 Å². The van der Waals surface area contributed by atoms with Crippen LogP contribution in [0, 0.1) is 11.8 Å². The number of fused-ring (bicyclic) bond motifs is 5. The predicted molar refractivity (Wildman–Crippen MR) is 148 cm³/mol. The summed E-state index contributed by atoms with van der Waals surface area (Å²) in [4.78, 5) is 37.8. The molecule has 0 spiro atoms. The van der Waals surface area contributed by atoms with Crippen LogP contribution in [0.1, 0.15) is 82.4 Å². The van der Waals surface area contributed by atoms with Crippen molar-refractivity contribution >= 4 is 22.7 Å². The smallest absolute Gasteiger partial charge is 0.303 e. The van der Waals surface area contributed by atoms with Gasteiger partial charge in [0.15, 0.2) is 5.69 Å². The zero-order valence-electron chi connectivity index (χ0n) is 22.8. The van der Waals surface area contributed by atoms with Crippen molar-refractivity contribution in [2.45, 2.75) is 94.8 Å². The first-order chi connectivity index (χ1) is 19.0. The lowest BCUT2D eigenvalue weighted by molar-refractivity contribution is -0.136. The summed E-state index contributed by atoms with van der Waals surface area (Å²) in [7, 11) is 1.40. The number of carboxylic acid groups (broad SMARTS) is 1. The SMILES string of the molecule is CON=C(CCC(=O)O)c1nc2ccccc2n(C2C[C@H]3COC[C@@H](C2)N3C2CC3CCCCC(C3)C2)c1=O. The number of rotatable bonds is 7. The van der Waals surface area contributed by atoms with E-state index in [9.17, 15) is 14.7 Å². The van der Waals surface area contributed by atoms with Crippen molar-refractivity contribution < 1.29 is 19.5 Å². The Morgan fingerprint density at radius 2 is 1.69 bits per heavy atom. The summed E-state index contributed by atoms with van der Waals surface area (Å²) in [6.07, 6.45) is 11.2. The number of nitrogens with zero attached hydrogens (tertiary/aromatic N) is 4. The minimum absolute atomic E-state index is 0.00781. The Morgan fingerprint density at radius 1 is 1.00 bits per heavy atom. The molecule has 2 aliphatic carbocycles. The van der Waals surface area contributed by atoms with Gasteiger partial charge in [-0.3, -0.25) is 14.5 Å². The fourth-order valence-corrected chi connectivity index (χ4v) is 8.08. The maximum absolute atomic E-state index is 14.1. The summed E-state index contributed by atoms with van der Waals surface area (Å²) >= 11 is 0. The highest BCUT2D eigenvalue weighted by Crippen LogP contribution is 2.44. The Kier molecular flexibility index (Phi) is 7.71. The van der Waals surface area contributed by atoms with Gasteiger partial charge in [0.05, 0.1) is 30.7 Å². The molecule has 2 saturated carbocycles. The number of morpholine rings is 1. The Balaban J connectivity index is 1.34. The van der Waals surface area contributed by atoms with Gasteiger partial charge in [0.25, 0.3) is 5.56 Å². The molecule has 2 aromatic rings. The standard InChI is InChI=1S/C30H40N4O5/c1-38-32-26(10-11-28(35)36)29-30(37)34(27-9-5-4-8-25(27)31-29)22-15-23-17-39-18-24(16-22)33(23)21-13-19-6-2-3-7-20(12-19)14-21/h4-5,8-9,19-24H,2-3,6-7,10-18H2,1H3,(H,35,36)/t19?,20?,21?,22?,23-,24+. The van der Waals surface area contributed by atoms with Crippen LogP contribution in [0.4, 0.5) is 0 Å². The number of hydrogen-bond acceptors (Lipinski definition) is 7. The van der Waals surface area contributed by atoms with Crippen LogP contribution in [0.2, 0.25) is 0 Å². The lowest BCUT2D eigenvalue weighted by Gasteiger charge is -2.54. The number of oxime groups is 1. The second kappa shape index (κ2) is 11.4. The largest absolute Gasteiger partial charge is 0.481 e. The van der Waals surface area contributed by atoms with E-state index in [4.69, 9.17) is 9.57 Å². The molecule has 9 heteroatoms. The highest BCUT2D eigenvalue weighted by atomic mass is 16.6. The molecule has 210 valence electrons. The fraction of sp³-hybridized carbons (Fsp3) is 0.667. The molecule has 6 rings (SSSR count). The van der Waals surface area contributed by atoms with Crippen LogP contribution >= 0.6 is 0 Å². The molecule has 5 atom stereocenters. The molecule has 3 heterocycles. The molecular formula is C30H40N4O5. The first-order valence-electron chi connectivity index (χ1n) is 14.7. The number of carbonyl (C=O) groups is 1. The minimum Gasteiger partial charge on any atom is -0.481 e. The van der Waals surface area contributed by atoms with Crippen molar-refractivity contribution in [2.24, 2.45) is 17.0 Å². The summed E-state index contributed by atoms with van der Waals surface area (Å²) in [6, 6.07) is 8.91. The van der Waals surface area contributed by atoms with Crippen molar-refractivity contribution in [3.8, 4) is 0 Å². The van der Waals surface area contributed by atoms with E-state index >= 15 is 0 Å². The van der Waals surface area contributed by atoms with Gasteiger partial charge < -0.3 is 19.2 Å². The van der Waals surface area contributed by atoms with Crippen LogP contribution in [0.3, 0.4) is 0 Å². The number of benzene rings is 1. The number of ether oxygens (including phenoxy) is 1. The number of hydrogen-bond donors (Lipinski definition) is 1. The average Bonchev–Trinajstić information content (AvgIpc) is 3.09. The van der Waals surface area contributed by atoms with E-state index < -0.39 is 5.97 Å². The highest BCUT2D eigenvalue weighted by molar-refractivity contribution is 6.00. The van der Waals surface area contributed by atoms with Gasteiger partial charge in [-0.05, 0) is 56.1 Å². The molecule has 39 heavy (non-hydrogen) atoms. The van der Waals surface area contributed by atoms with E-state index in [1.807, 2.05) is 28.8 Å². The van der Waals surface area contributed by atoms with Crippen LogP contribution in [0.5, 0.6) is 0 Å². The second-order valence-corrected chi connectivity index (χ2v) is 12.0. The minimum atomic E-state index is -0.956. The maximum Gasteiger partial charge on any atom is 0.303 e. The molecule has 2 saturated heterocycles. The number of aromatic nitrogens is 2. The topological polar surface area (TPSA) is 106 Å². The molecule has 1 aromatic heterocycles. The Hall–Kier alpha value is -2.78. The third-order valence-corrected chi connectivity index (χ3v) is 9.54. The normalized spacial score (nSPS) is 31.6. The number of piperidine rings is 1. The van der Waals surface area contributed by atoms with E-state index in [1.165, 1.54) is 52.1 Å². The summed E-state index contributed by atoms with van der Waals surface area (Å²) in [5.41, 5.74) is 1.73. The molecule has 1 aromatic carbocycles. The van der Waals surface area contributed by atoms with E-state index in [0.717, 1.165) is 30.2 Å². The first kappa shape index (κ1) is 26.4. The molecule has 0 amide bonds. The first-order valence-corrected chi connectivity index (χ1v) is 14.7. The average molecular weight is 537 g/mol. The third kappa shape index (κ3) is 5.35. The maximum atomic E-state index is 14.1. The highest BCUT2D eigenvalue weighted by Gasteiger charge is 2.45. The quantitative estimate of drug-likeness (QED) is 0.414. The van der Waals surface area contributed by atoms with Gasteiger partial charge in [0, 0.05) is 30.6 Å². The zero-order chi connectivity index (χ0) is 26.9. The van der Waals surface area contributed by atoms with Crippen LogP contribution in [0.25, 0.3) is 11.0 Å². The molecule has 4 fully saturated rings. The van der Waals surface area contributed by atoms with Crippen molar-refractivity contribution in [1.29, 1.82) is 0 Å². The van der Waals surface area contributed by atoms with E-state index in [-0.39, 0.29) is 47.9 Å². The molecule has 2 aliphatic heterocycles. The molecule has 9 nitrogen and oxygen atoms in total. The van der Waals surface area contributed by atoms with Crippen molar-refractivity contribution in [1.82, 2.24) is 14.5 Å². The zero-order valence-corrected chi connectivity index (χ0v) is 22.8. The van der Waals surface area contributed by atoms with Crippen LogP contribution in [-0.4, -0.2) is 69.7 Å². The van der Waals surface area contributed by atoms with Crippen LogP contribution in [0.15, 0.2) is 34.2 Å². The van der Waals surface area contributed by atoms with E-state index in [0.29, 0.717) is 24.8 Å². The Bertz CT molecular complexity index is 1260. The van der Waals surface area contributed by atoms with Gasteiger partial charge in [0.2, 0.25) is 0 Å². The molecule has 0 radical (unpaired) electrons. The molecule has 4 aliphatic rings. The van der Waals surface area contributed by atoms with Gasteiger partial charge >= 0.3 is 5.97 Å². The number of aliphatic carboxylic acids is 1. The molecule has 3 unspecified atom stereocenters. The fourth-order valence-electron chi connectivity index (χ4n) is 8.08. The van der Waals surface area contributed by atoms with Gasteiger partial charge in [0.1, 0.15) is 12.8 Å². The monoisotopic (exact) mass is 536 g/mol. The molecular weight excluding hydrogens is 496 g/mol. The number of carboxylic acids is 1. The molecule has 1 N–H and O–H groups in total. The summed E-state index contributed by atoms with van der Waals surface area (Å²) < 4.78 is 8.00. The predicted octanol–water partition coefficient (Wildman–Crippen LogP) is 4.38.